The van der Waals surface area contributed by atoms with Crippen LogP contribution in [-0.4, -0.2) is 17.3 Å². The molecule has 1 heterocycles. The Morgan fingerprint density at radius 3 is 2.47 bits per heavy atom. The maximum Gasteiger partial charge on any atom is 0.0945 e. The molecule has 1 atom stereocenters. The fraction of sp³-hybridized carbons (Fsp3) is 0.538. The Kier molecular flexibility index (Phi) is 2.57. The van der Waals surface area contributed by atoms with Crippen molar-refractivity contribution in [1.29, 1.82) is 0 Å². The van der Waals surface area contributed by atoms with Crippen LogP contribution in [0.15, 0.2) is 30.3 Å². The summed E-state index contributed by atoms with van der Waals surface area (Å²) >= 11 is 0. The van der Waals surface area contributed by atoms with Crippen LogP contribution >= 0.6 is 0 Å². The number of ether oxygens (including phenoxy) is 1. The maximum absolute atomic E-state index is 10.6. The summed E-state index contributed by atoms with van der Waals surface area (Å²) in [7, 11) is 0. The third-order valence-corrected chi connectivity index (χ3v) is 3.04. The molecule has 1 fully saturated rings. The molecule has 2 nitrogen and oxygen atoms in total. The highest BCUT2D eigenvalue weighted by Crippen LogP contribution is 2.38. The van der Waals surface area contributed by atoms with Gasteiger partial charge in [0.25, 0.3) is 0 Å². The first-order valence-corrected chi connectivity index (χ1v) is 5.44. The summed E-state index contributed by atoms with van der Waals surface area (Å²) < 4.78 is 5.62. The molecule has 0 bridgehead atoms. The SMILES string of the molecule is CC1(C)C[C@](O)(c2ccccc2)CCO1. The Balaban J connectivity index is 2.27. The van der Waals surface area contributed by atoms with Gasteiger partial charge in [0.15, 0.2) is 0 Å². The zero-order chi connectivity index (χ0) is 10.9. The molecule has 2 heteroatoms. The van der Waals surface area contributed by atoms with E-state index in [1.807, 2.05) is 44.2 Å². The first kappa shape index (κ1) is 10.7. The maximum atomic E-state index is 10.6. The van der Waals surface area contributed by atoms with E-state index in [0.717, 1.165) is 5.56 Å². The summed E-state index contributed by atoms with van der Waals surface area (Å²) in [6, 6.07) is 9.88. The molecular weight excluding hydrogens is 188 g/mol. The van der Waals surface area contributed by atoms with Gasteiger partial charge >= 0.3 is 0 Å². The average Bonchev–Trinajstić information content (AvgIpc) is 2.17. The van der Waals surface area contributed by atoms with E-state index in [1.54, 1.807) is 0 Å². The summed E-state index contributed by atoms with van der Waals surface area (Å²) in [5.41, 5.74) is 0.0487. The molecule has 1 aromatic carbocycles. The molecule has 0 radical (unpaired) electrons. The Labute approximate surface area is 90.9 Å². The van der Waals surface area contributed by atoms with Gasteiger partial charge in [0.2, 0.25) is 0 Å². The molecule has 0 aliphatic carbocycles. The van der Waals surface area contributed by atoms with Gasteiger partial charge in [-0.2, -0.15) is 0 Å². The predicted molar refractivity (Wildman–Crippen MR) is 59.6 cm³/mol. The topological polar surface area (TPSA) is 29.5 Å². The van der Waals surface area contributed by atoms with Crippen LogP contribution in [0.3, 0.4) is 0 Å². The van der Waals surface area contributed by atoms with Gasteiger partial charge in [0.05, 0.1) is 17.8 Å². The van der Waals surface area contributed by atoms with Gasteiger partial charge in [0, 0.05) is 12.8 Å². The van der Waals surface area contributed by atoms with Crippen molar-refractivity contribution in [3.63, 3.8) is 0 Å². The fourth-order valence-electron chi connectivity index (χ4n) is 2.33. The van der Waals surface area contributed by atoms with Crippen LogP contribution in [0.1, 0.15) is 32.3 Å². The second-order valence-corrected chi connectivity index (χ2v) is 4.93. The van der Waals surface area contributed by atoms with Gasteiger partial charge < -0.3 is 9.84 Å². The van der Waals surface area contributed by atoms with E-state index >= 15 is 0 Å². The second-order valence-electron chi connectivity index (χ2n) is 4.93. The Morgan fingerprint density at radius 2 is 1.87 bits per heavy atom. The highest BCUT2D eigenvalue weighted by Gasteiger charge is 2.40. The van der Waals surface area contributed by atoms with E-state index < -0.39 is 5.60 Å². The van der Waals surface area contributed by atoms with E-state index in [4.69, 9.17) is 4.74 Å². The van der Waals surface area contributed by atoms with Crippen molar-refractivity contribution >= 4 is 0 Å². The molecular formula is C13H18O2. The Bertz CT molecular complexity index is 332. The lowest BCUT2D eigenvalue weighted by atomic mass is 9.79. The number of benzene rings is 1. The third kappa shape index (κ3) is 2.21. The Hall–Kier alpha value is -0.860. The van der Waals surface area contributed by atoms with Gasteiger partial charge in [-0.3, -0.25) is 0 Å². The first-order valence-electron chi connectivity index (χ1n) is 5.44. The Morgan fingerprint density at radius 1 is 1.20 bits per heavy atom. The first-order chi connectivity index (χ1) is 7.02. The molecule has 0 saturated carbocycles. The lowest BCUT2D eigenvalue weighted by molar-refractivity contribution is -0.148. The van der Waals surface area contributed by atoms with E-state index in [9.17, 15) is 5.11 Å². The van der Waals surface area contributed by atoms with Crippen LogP contribution in [-0.2, 0) is 10.3 Å². The zero-order valence-electron chi connectivity index (χ0n) is 9.36. The van der Waals surface area contributed by atoms with Crippen molar-refractivity contribution in [3.8, 4) is 0 Å². The molecule has 1 aliphatic rings. The van der Waals surface area contributed by atoms with Crippen LogP contribution in [0.25, 0.3) is 0 Å². The molecule has 1 saturated heterocycles. The van der Waals surface area contributed by atoms with Crippen molar-refractivity contribution in [1.82, 2.24) is 0 Å². The molecule has 0 unspecified atom stereocenters. The van der Waals surface area contributed by atoms with Gasteiger partial charge in [-0.15, -0.1) is 0 Å². The van der Waals surface area contributed by atoms with Gasteiger partial charge in [-0.25, -0.2) is 0 Å². The molecule has 0 aromatic heterocycles. The molecule has 15 heavy (non-hydrogen) atoms. The van der Waals surface area contributed by atoms with Crippen molar-refractivity contribution in [2.24, 2.45) is 0 Å². The molecule has 82 valence electrons. The van der Waals surface area contributed by atoms with Crippen LogP contribution in [0.4, 0.5) is 0 Å². The van der Waals surface area contributed by atoms with E-state index in [-0.39, 0.29) is 5.60 Å². The molecule has 2 rings (SSSR count). The summed E-state index contributed by atoms with van der Waals surface area (Å²) in [6.45, 7) is 4.68. The van der Waals surface area contributed by atoms with Gasteiger partial charge in [-0.1, -0.05) is 30.3 Å². The monoisotopic (exact) mass is 206 g/mol. The number of hydrogen-bond acceptors (Lipinski definition) is 2. The number of hydrogen-bond donors (Lipinski definition) is 1. The van der Waals surface area contributed by atoms with Crippen molar-refractivity contribution in [3.05, 3.63) is 35.9 Å². The predicted octanol–water partition coefficient (Wildman–Crippen LogP) is 2.46. The number of aliphatic hydroxyl groups is 1. The van der Waals surface area contributed by atoms with Crippen LogP contribution in [0, 0.1) is 0 Å². The molecule has 0 amide bonds. The highest BCUT2D eigenvalue weighted by atomic mass is 16.5. The summed E-state index contributed by atoms with van der Waals surface area (Å²) in [5.74, 6) is 0. The fourth-order valence-corrected chi connectivity index (χ4v) is 2.33. The largest absolute Gasteiger partial charge is 0.385 e. The van der Waals surface area contributed by atoms with Crippen LogP contribution in [0.2, 0.25) is 0 Å². The average molecular weight is 206 g/mol. The van der Waals surface area contributed by atoms with E-state index in [1.165, 1.54) is 0 Å². The zero-order valence-corrected chi connectivity index (χ0v) is 9.36. The minimum absolute atomic E-state index is 0.233. The summed E-state index contributed by atoms with van der Waals surface area (Å²) in [6.07, 6.45) is 1.34. The highest BCUT2D eigenvalue weighted by molar-refractivity contribution is 5.23. The lowest BCUT2D eigenvalue weighted by Gasteiger charge is -2.41. The van der Waals surface area contributed by atoms with Crippen molar-refractivity contribution in [2.75, 3.05) is 6.61 Å². The molecule has 0 spiro atoms. The summed E-state index contributed by atoms with van der Waals surface area (Å²) in [5, 5.41) is 10.6. The minimum atomic E-state index is -0.719. The van der Waals surface area contributed by atoms with Crippen molar-refractivity contribution < 1.29 is 9.84 Å². The van der Waals surface area contributed by atoms with Crippen molar-refractivity contribution in [2.45, 2.75) is 37.9 Å². The molecule has 1 aromatic rings. The van der Waals surface area contributed by atoms with Gasteiger partial charge in [-0.05, 0) is 19.4 Å². The smallest absolute Gasteiger partial charge is 0.0945 e. The van der Waals surface area contributed by atoms with Crippen LogP contribution < -0.4 is 0 Å². The molecule has 1 N–H and O–H groups in total. The second kappa shape index (κ2) is 3.62. The van der Waals surface area contributed by atoms with Gasteiger partial charge in [0.1, 0.15) is 0 Å². The quantitative estimate of drug-likeness (QED) is 0.764. The number of rotatable bonds is 1. The van der Waals surface area contributed by atoms with E-state index in [0.29, 0.717) is 19.4 Å². The normalized spacial score (nSPS) is 30.1. The lowest BCUT2D eigenvalue weighted by Crippen LogP contribution is -2.43. The summed E-state index contributed by atoms with van der Waals surface area (Å²) in [4.78, 5) is 0. The third-order valence-electron chi connectivity index (χ3n) is 3.04. The van der Waals surface area contributed by atoms with E-state index in [2.05, 4.69) is 0 Å². The molecule has 1 aliphatic heterocycles. The minimum Gasteiger partial charge on any atom is -0.385 e. The standard InChI is InChI=1S/C13H18O2/c1-12(2)10-13(14,8-9-15-12)11-6-4-3-5-7-11/h3-7,14H,8-10H2,1-2H3/t13-/m0/s1. The van der Waals surface area contributed by atoms with Crippen LogP contribution in [0.5, 0.6) is 0 Å².